The molecule has 0 saturated carbocycles. The van der Waals surface area contributed by atoms with E-state index in [0.29, 0.717) is 39.0 Å². The van der Waals surface area contributed by atoms with Gasteiger partial charge in [-0.1, -0.05) is 0 Å². The van der Waals surface area contributed by atoms with Crippen LogP contribution >= 0.6 is 0 Å². The van der Waals surface area contributed by atoms with Gasteiger partial charge in [-0.15, -0.1) is 5.06 Å². The van der Waals surface area contributed by atoms with E-state index in [1.165, 1.54) is 62.8 Å². The number of allylic oxidation sites excluding steroid dienone is 5. The van der Waals surface area contributed by atoms with Gasteiger partial charge in [-0.3, -0.25) is 28.0 Å². The Bertz CT molecular complexity index is 2780. The number of benzene rings is 2. The molecule has 2 unspecified atom stereocenters. The molecular weight excluding hydrogens is 903 g/mol. The molecule has 0 aromatic heterocycles. The van der Waals surface area contributed by atoms with Crippen LogP contribution in [0.2, 0.25) is 0 Å². The van der Waals surface area contributed by atoms with E-state index < -0.39 is 86.1 Å². The van der Waals surface area contributed by atoms with Crippen LogP contribution in [0.3, 0.4) is 0 Å². The van der Waals surface area contributed by atoms with Crippen molar-refractivity contribution in [3.05, 3.63) is 82.3 Å². The zero-order valence-corrected chi connectivity index (χ0v) is 37.7. The standard InChI is InChI=1S/C41H47N3O17S3/c1-40(14-6-20-62(50,51)52)29-21-25(63(53,54)55)9-11-32(29)43(17-19-60-4)33(40)23-27-38(48)28(39(27)49)24-34-41(2,15-18-59-3)30-22-26(64(56,57)58)8-10-31(30)42(34)16-5-7-37(47)61-44-35(45)12-13-36(44)46/h8-11,21-24H,5-7,12-20H2,1-4H3,(H3-,48,49,50,51,52,53,54,55,56,57,58)/p+1. The number of rotatable bonds is 19. The zero-order valence-electron chi connectivity index (χ0n) is 35.3. The van der Waals surface area contributed by atoms with Crippen molar-refractivity contribution in [3.8, 4) is 0 Å². The number of carbonyl (C=O) groups excluding carboxylic acids is 4. The monoisotopic (exact) mass is 950 g/mol. The van der Waals surface area contributed by atoms with Gasteiger partial charge in [0.1, 0.15) is 12.4 Å². The Labute approximate surface area is 369 Å². The summed E-state index contributed by atoms with van der Waals surface area (Å²) >= 11 is 0. The molecule has 4 aliphatic rings. The summed E-state index contributed by atoms with van der Waals surface area (Å²) in [5.74, 6) is -3.93. The average molecular weight is 951 g/mol. The number of amides is 2. The molecule has 1 saturated heterocycles. The molecule has 4 N–H and O–H groups in total. The van der Waals surface area contributed by atoms with Crippen LogP contribution in [-0.2, 0) is 74.7 Å². The number of nitrogens with zero attached hydrogens (tertiary/aromatic N) is 3. The van der Waals surface area contributed by atoms with Gasteiger partial charge < -0.3 is 24.3 Å². The third kappa shape index (κ3) is 9.47. The van der Waals surface area contributed by atoms with Crippen LogP contribution in [0.1, 0.15) is 69.9 Å². The third-order valence-electron chi connectivity index (χ3n) is 11.9. The number of aliphatic hydroxyl groups is 1. The van der Waals surface area contributed by atoms with Crippen molar-refractivity contribution in [2.45, 2.75) is 79.4 Å². The number of ether oxygens (including phenoxy) is 2. The molecule has 20 nitrogen and oxygen atoms in total. The number of methoxy groups -OCH3 is 2. The Kier molecular flexibility index (Phi) is 13.6. The molecule has 1 aliphatic carbocycles. The van der Waals surface area contributed by atoms with Crippen molar-refractivity contribution in [3.63, 3.8) is 0 Å². The van der Waals surface area contributed by atoms with Gasteiger partial charge in [-0.2, -0.15) is 29.8 Å². The number of hydroxylamine groups is 2. The molecule has 3 heterocycles. The normalized spacial score (nSPS) is 22.6. The predicted octanol–water partition coefficient (Wildman–Crippen LogP) is 3.26. The van der Waals surface area contributed by atoms with Gasteiger partial charge >= 0.3 is 5.97 Å². The summed E-state index contributed by atoms with van der Waals surface area (Å²) in [7, 11) is -10.9. The van der Waals surface area contributed by atoms with Gasteiger partial charge in [0.25, 0.3) is 42.2 Å². The fourth-order valence-electron chi connectivity index (χ4n) is 8.59. The Morgan fingerprint density at radius 3 is 2.00 bits per heavy atom. The highest BCUT2D eigenvalue weighted by molar-refractivity contribution is 7.86. The van der Waals surface area contributed by atoms with Crippen LogP contribution < -0.4 is 4.90 Å². The summed E-state index contributed by atoms with van der Waals surface area (Å²) < 4.78 is 115. The van der Waals surface area contributed by atoms with Gasteiger partial charge in [0, 0.05) is 81.1 Å². The first kappa shape index (κ1) is 48.3. The van der Waals surface area contributed by atoms with E-state index in [1.807, 2.05) is 0 Å². The number of imide groups is 1. The lowest BCUT2D eigenvalue weighted by Crippen LogP contribution is -2.35. The molecule has 2 amide bonds. The van der Waals surface area contributed by atoms with Crippen molar-refractivity contribution in [1.29, 1.82) is 0 Å². The van der Waals surface area contributed by atoms with Gasteiger partial charge in [0.05, 0.1) is 32.1 Å². The molecule has 2 aromatic rings. The third-order valence-corrected chi connectivity index (χ3v) is 14.4. The molecular formula is C41H48N3O17S3+. The molecule has 64 heavy (non-hydrogen) atoms. The lowest BCUT2D eigenvalue weighted by Gasteiger charge is -2.32. The summed E-state index contributed by atoms with van der Waals surface area (Å²) in [6.45, 7) is 3.85. The highest BCUT2D eigenvalue weighted by Crippen LogP contribution is 2.52. The Hall–Kier alpha value is -5.14. The summed E-state index contributed by atoms with van der Waals surface area (Å²) in [4.78, 5) is 57.0. The highest BCUT2D eigenvalue weighted by atomic mass is 32.2. The van der Waals surface area contributed by atoms with Gasteiger partial charge in [0.2, 0.25) is 11.5 Å². The average Bonchev–Trinajstić information content (AvgIpc) is 3.74. The van der Waals surface area contributed by atoms with E-state index in [1.54, 1.807) is 23.3 Å². The van der Waals surface area contributed by atoms with E-state index in [-0.39, 0.29) is 82.4 Å². The predicted molar refractivity (Wildman–Crippen MR) is 226 cm³/mol. The first-order valence-corrected chi connectivity index (χ1v) is 24.4. The summed E-state index contributed by atoms with van der Waals surface area (Å²) in [6, 6.07) is 7.79. The van der Waals surface area contributed by atoms with Crippen molar-refractivity contribution >= 4 is 71.0 Å². The van der Waals surface area contributed by atoms with E-state index >= 15 is 0 Å². The zero-order chi connectivity index (χ0) is 47.2. The molecule has 2 aromatic carbocycles. The Balaban J connectivity index is 1.45. The minimum atomic E-state index is -4.71. The van der Waals surface area contributed by atoms with Gasteiger partial charge in [0.15, 0.2) is 12.3 Å². The topological polar surface area (TPSA) is 289 Å². The lowest BCUT2D eigenvalue weighted by atomic mass is 9.73. The number of ketones is 1. The second-order valence-corrected chi connectivity index (χ2v) is 20.5. The van der Waals surface area contributed by atoms with Crippen LogP contribution in [0, 0.1) is 0 Å². The number of hydrogen-bond acceptors (Lipinski definition) is 15. The highest BCUT2D eigenvalue weighted by Gasteiger charge is 2.51. The molecule has 23 heteroatoms. The fourth-order valence-corrected chi connectivity index (χ4v) is 10.1. The van der Waals surface area contributed by atoms with E-state index in [9.17, 15) is 63.2 Å². The van der Waals surface area contributed by atoms with Gasteiger partial charge in [-0.25, -0.2) is 4.79 Å². The molecule has 346 valence electrons. The minimum absolute atomic E-state index is 0.0122. The Morgan fingerprint density at radius 2 is 1.42 bits per heavy atom. The van der Waals surface area contributed by atoms with Crippen molar-refractivity contribution in [1.82, 2.24) is 5.06 Å². The van der Waals surface area contributed by atoms with E-state index in [2.05, 4.69) is 0 Å². The molecule has 0 radical (unpaired) electrons. The Morgan fingerprint density at radius 1 is 0.812 bits per heavy atom. The summed E-state index contributed by atoms with van der Waals surface area (Å²) in [5, 5.41) is 12.2. The second kappa shape index (κ2) is 18.0. The van der Waals surface area contributed by atoms with Crippen LogP contribution in [0.15, 0.2) is 80.9 Å². The summed E-state index contributed by atoms with van der Waals surface area (Å²) in [5.41, 5.74) is -0.398. The smallest absolute Gasteiger partial charge is 0.333 e. The quantitative estimate of drug-likeness (QED) is 0.0680. The number of fused-ring (bicyclic) bond motifs is 2. The van der Waals surface area contributed by atoms with Crippen LogP contribution in [0.5, 0.6) is 0 Å². The SMILES string of the molecule is COCC[N+]1=C(/C=C2/C(=O)C(/C=C3/N(CCCC(=O)ON4C(=O)CCC4=O)c4ccc(S(=O)(=O)O)cc4C3(C)CCOC)=C2O)C(C)(CCCS(=O)(=O)O)c2cc(S(=O)(=O)O)ccc21. The number of Topliss-reactive ketones (excluding diaryl/α,β-unsaturated/α-hetero) is 1. The number of carbonyl (C=O) groups is 4. The van der Waals surface area contributed by atoms with Crippen molar-refractivity contribution < 1.29 is 82.1 Å². The summed E-state index contributed by atoms with van der Waals surface area (Å²) in [6.07, 6.45) is 2.49. The number of anilines is 1. The lowest BCUT2D eigenvalue weighted by molar-refractivity contribution is -0.441. The number of hydrogen-bond donors (Lipinski definition) is 4. The largest absolute Gasteiger partial charge is 0.506 e. The molecule has 0 spiro atoms. The van der Waals surface area contributed by atoms with E-state index in [4.69, 9.17) is 14.3 Å². The minimum Gasteiger partial charge on any atom is -0.506 e. The fraction of sp³-hybridized carbons (Fsp3) is 0.439. The first-order valence-electron chi connectivity index (χ1n) is 19.9. The molecule has 3 aliphatic heterocycles. The molecule has 0 bridgehead atoms. The molecule has 2 atom stereocenters. The van der Waals surface area contributed by atoms with Crippen molar-refractivity contribution in [2.75, 3.05) is 51.2 Å². The van der Waals surface area contributed by atoms with Crippen LogP contribution in [0.4, 0.5) is 11.4 Å². The second-order valence-electron chi connectivity index (χ2n) is 16.1. The maximum atomic E-state index is 14.3. The van der Waals surface area contributed by atoms with E-state index in [0.717, 1.165) is 0 Å². The number of aliphatic hydroxyl groups excluding tert-OH is 1. The van der Waals surface area contributed by atoms with Gasteiger partial charge in [-0.05, 0) is 81.5 Å². The van der Waals surface area contributed by atoms with Crippen LogP contribution in [0.25, 0.3) is 0 Å². The maximum absolute atomic E-state index is 14.3. The van der Waals surface area contributed by atoms with Crippen LogP contribution in [-0.4, -0.2) is 129 Å². The first-order chi connectivity index (χ1) is 29.9. The maximum Gasteiger partial charge on any atom is 0.333 e. The van der Waals surface area contributed by atoms with Crippen molar-refractivity contribution in [2.24, 2.45) is 0 Å². The molecule has 6 rings (SSSR count). The molecule has 1 fully saturated rings.